The Hall–Kier alpha value is -5.34. The predicted molar refractivity (Wildman–Crippen MR) is 168 cm³/mol. The van der Waals surface area contributed by atoms with E-state index >= 15 is 0 Å². The molecule has 40 heavy (non-hydrogen) atoms. The molecule has 2 nitrogen and oxygen atoms in total. The fourth-order valence-corrected chi connectivity index (χ4v) is 5.86. The first kappa shape index (κ1) is 22.6. The van der Waals surface area contributed by atoms with Crippen LogP contribution in [-0.2, 0) is 0 Å². The lowest BCUT2D eigenvalue weighted by atomic mass is 9.95. The highest BCUT2D eigenvalue weighted by Crippen LogP contribution is 2.35. The van der Waals surface area contributed by atoms with Crippen LogP contribution in [0.5, 0.6) is 0 Å². The third-order valence-electron chi connectivity index (χ3n) is 7.87. The van der Waals surface area contributed by atoms with E-state index in [1.54, 1.807) is 0 Å². The lowest BCUT2D eigenvalue weighted by Gasteiger charge is -2.12. The number of fused-ring (bicyclic) bond motifs is 6. The topological polar surface area (TPSA) is 25.8 Å². The highest BCUT2D eigenvalue weighted by Gasteiger charge is 2.12. The van der Waals surface area contributed by atoms with Crippen LogP contribution in [0.3, 0.4) is 0 Å². The van der Waals surface area contributed by atoms with Crippen molar-refractivity contribution in [2.45, 2.75) is 0 Å². The first-order valence-corrected chi connectivity index (χ1v) is 13.6. The lowest BCUT2D eigenvalue weighted by Crippen LogP contribution is -1.93. The number of nitrogens with zero attached hydrogens (tertiary/aromatic N) is 2. The van der Waals surface area contributed by atoms with E-state index in [9.17, 15) is 0 Å². The number of hydrogen-bond donors (Lipinski definition) is 0. The SMILES string of the molecule is c1ccc(-c2cc(-c3ccc4c(ccc5ccccc54)c3)cc(-c3ccc4c(ccc5ccccc54)c3)n2)nc1. The van der Waals surface area contributed by atoms with E-state index in [4.69, 9.17) is 4.98 Å². The Morgan fingerprint density at radius 3 is 1.55 bits per heavy atom. The third-order valence-corrected chi connectivity index (χ3v) is 7.87. The number of benzene rings is 6. The van der Waals surface area contributed by atoms with Gasteiger partial charge in [-0.1, -0.05) is 103 Å². The average Bonchev–Trinajstić information content (AvgIpc) is 3.04. The minimum atomic E-state index is 0.865. The summed E-state index contributed by atoms with van der Waals surface area (Å²) in [4.78, 5) is 9.73. The molecule has 0 aliphatic carbocycles. The third kappa shape index (κ3) is 3.81. The smallest absolute Gasteiger partial charge is 0.0899 e. The van der Waals surface area contributed by atoms with Crippen LogP contribution in [0, 0.1) is 0 Å². The van der Waals surface area contributed by atoms with Gasteiger partial charge >= 0.3 is 0 Å². The molecule has 0 amide bonds. The maximum Gasteiger partial charge on any atom is 0.0899 e. The fraction of sp³-hybridized carbons (Fsp3) is 0. The van der Waals surface area contributed by atoms with Gasteiger partial charge in [-0.05, 0) is 90.6 Å². The monoisotopic (exact) mass is 508 g/mol. The summed E-state index contributed by atoms with van der Waals surface area (Å²) >= 11 is 0. The highest BCUT2D eigenvalue weighted by atomic mass is 14.8. The van der Waals surface area contributed by atoms with Gasteiger partial charge in [-0.2, -0.15) is 0 Å². The second kappa shape index (κ2) is 9.14. The summed E-state index contributed by atoms with van der Waals surface area (Å²) in [6.07, 6.45) is 1.83. The van der Waals surface area contributed by atoms with Gasteiger partial charge in [0.1, 0.15) is 0 Å². The fourth-order valence-electron chi connectivity index (χ4n) is 5.86. The lowest BCUT2D eigenvalue weighted by molar-refractivity contribution is 1.25. The molecule has 0 fully saturated rings. The molecule has 0 spiro atoms. The van der Waals surface area contributed by atoms with Crippen molar-refractivity contribution in [1.29, 1.82) is 0 Å². The van der Waals surface area contributed by atoms with Crippen molar-refractivity contribution in [1.82, 2.24) is 9.97 Å². The van der Waals surface area contributed by atoms with Gasteiger partial charge in [0.15, 0.2) is 0 Å². The van der Waals surface area contributed by atoms with Crippen molar-refractivity contribution >= 4 is 43.1 Å². The summed E-state index contributed by atoms with van der Waals surface area (Å²) in [6.45, 7) is 0. The summed E-state index contributed by atoms with van der Waals surface area (Å²) in [7, 11) is 0. The summed E-state index contributed by atoms with van der Waals surface area (Å²) in [5, 5.41) is 10.0. The van der Waals surface area contributed by atoms with Crippen LogP contribution in [0.4, 0.5) is 0 Å². The van der Waals surface area contributed by atoms with Crippen LogP contribution < -0.4 is 0 Å². The molecule has 8 rings (SSSR count). The van der Waals surface area contributed by atoms with Gasteiger partial charge in [-0.3, -0.25) is 4.98 Å². The molecule has 0 bridgehead atoms. The second-order valence-corrected chi connectivity index (χ2v) is 10.3. The van der Waals surface area contributed by atoms with Crippen LogP contribution in [0.15, 0.2) is 146 Å². The second-order valence-electron chi connectivity index (χ2n) is 10.3. The Balaban J connectivity index is 1.32. The van der Waals surface area contributed by atoms with Crippen molar-refractivity contribution < 1.29 is 0 Å². The van der Waals surface area contributed by atoms with Crippen molar-refractivity contribution in [2.75, 3.05) is 0 Å². The minimum absolute atomic E-state index is 0.865. The quantitative estimate of drug-likeness (QED) is 0.222. The summed E-state index contributed by atoms with van der Waals surface area (Å²) < 4.78 is 0. The van der Waals surface area contributed by atoms with Gasteiger partial charge in [0.05, 0.1) is 17.1 Å². The molecular formula is C38H24N2. The Bertz CT molecular complexity index is 2080. The van der Waals surface area contributed by atoms with E-state index in [2.05, 4.69) is 126 Å². The zero-order valence-corrected chi connectivity index (χ0v) is 21.8. The van der Waals surface area contributed by atoms with Crippen LogP contribution in [0.1, 0.15) is 0 Å². The van der Waals surface area contributed by atoms with Crippen LogP contribution in [0.25, 0.3) is 76.9 Å². The summed E-state index contributed by atoms with van der Waals surface area (Å²) in [6, 6.07) is 49.7. The molecule has 0 aliphatic heterocycles. The Labute approximate surface area is 232 Å². The number of aromatic nitrogens is 2. The molecule has 6 aromatic carbocycles. The van der Waals surface area contributed by atoms with E-state index in [1.807, 2.05) is 24.4 Å². The average molecular weight is 509 g/mol. The Morgan fingerprint density at radius 2 is 0.875 bits per heavy atom. The molecule has 8 aromatic rings. The summed E-state index contributed by atoms with van der Waals surface area (Å²) in [5.41, 5.74) is 6.05. The molecule has 0 atom stereocenters. The van der Waals surface area contributed by atoms with Gasteiger partial charge in [0.2, 0.25) is 0 Å². The van der Waals surface area contributed by atoms with E-state index < -0.39 is 0 Å². The van der Waals surface area contributed by atoms with Gasteiger partial charge in [0.25, 0.3) is 0 Å². The van der Waals surface area contributed by atoms with Gasteiger partial charge < -0.3 is 0 Å². The van der Waals surface area contributed by atoms with Crippen LogP contribution in [0.2, 0.25) is 0 Å². The zero-order valence-electron chi connectivity index (χ0n) is 21.8. The zero-order chi connectivity index (χ0) is 26.5. The van der Waals surface area contributed by atoms with Gasteiger partial charge in [-0.25, -0.2) is 4.98 Å². The molecule has 0 radical (unpaired) electrons. The molecule has 0 saturated carbocycles. The molecule has 2 heteroatoms. The molecular weight excluding hydrogens is 484 g/mol. The maximum absolute atomic E-state index is 5.11. The molecule has 2 aromatic heterocycles. The predicted octanol–water partition coefficient (Wildman–Crippen LogP) is 10.1. The van der Waals surface area contributed by atoms with E-state index in [1.165, 1.54) is 43.1 Å². The highest BCUT2D eigenvalue weighted by molar-refractivity contribution is 6.09. The van der Waals surface area contributed by atoms with E-state index in [-0.39, 0.29) is 0 Å². The first-order chi connectivity index (χ1) is 19.8. The Morgan fingerprint density at radius 1 is 0.325 bits per heavy atom. The first-order valence-electron chi connectivity index (χ1n) is 13.6. The van der Waals surface area contributed by atoms with Gasteiger partial charge in [-0.15, -0.1) is 0 Å². The molecule has 2 heterocycles. The Kier molecular flexibility index (Phi) is 5.17. The van der Waals surface area contributed by atoms with Crippen LogP contribution in [-0.4, -0.2) is 9.97 Å². The molecule has 0 N–H and O–H groups in total. The summed E-state index contributed by atoms with van der Waals surface area (Å²) in [5.74, 6) is 0. The number of hydrogen-bond acceptors (Lipinski definition) is 2. The van der Waals surface area contributed by atoms with Crippen molar-refractivity contribution in [3.63, 3.8) is 0 Å². The van der Waals surface area contributed by atoms with E-state index in [0.717, 1.165) is 33.8 Å². The standard InChI is InChI=1S/C38H24N2/c1-3-9-32-25(7-1)12-14-28-21-27(16-18-34(28)32)31-23-37(40-38(24-31)36-11-5-6-20-39-36)30-17-19-35-29(22-30)15-13-26-8-2-4-10-33(26)35/h1-24H. The molecule has 0 unspecified atom stereocenters. The van der Waals surface area contributed by atoms with Gasteiger partial charge in [0, 0.05) is 11.8 Å². The number of rotatable bonds is 3. The molecule has 0 saturated heterocycles. The molecule has 186 valence electrons. The normalized spacial score (nSPS) is 11.5. The maximum atomic E-state index is 5.11. The van der Waals surface area contributed by atoms with Crippen molar-refractivity contribution in [3.05, 3.63) is 146 Å². The van der Waals surface area contributed by atoms with E-state index in [0.29, 0.717) is 0 Å². The van der Waals surface area contributed by atoms with Crippen molar-refractivity contribution in [3.8, 4) is 33.8 Å². The largest absolute Gasteiger partial charge is 0.255 e. The van der Waals surface area contributed by atoms with Crippen molar-refractivity contribution in [2.24, 2.45) is 0 Å². The number of pyridine rings is 2. The molecule has 0 aliphatic rings. The van der Waals surface area contributed by atoms with Crippen LogP contribution >= 0.6 is 0 Å². The minimum Gasteiger partial charge on any atom is -0.255 e.